The van der Waals surface area contributed by atoms with E-state index in [-0.39, 0.29) is 0 Å². The minimum atomic E-state index is 0.552. The molecule has 1 fully saturated rings. The van der Waals surface area contributed by atoms with Crippen LogP contribution >= 0.6 is 0 Å². The van der Waals surface area contributed by atoms with Gasteiger partial charge in [0, 0.05) is 19.6 Å². The minimum Gasteiger partial charge on any atom is -0.354 e. The van der Waals surface area contributed by atoms with Gasteiger partial charge in [0.25, 0.3) is 0 Å². The lowest BCUT2D eigenvalue weighted by Gasteiger charge is -2.35. The fraction of sp³-hybridized carbons (Fsp3) is 0.444. The van der Waals surface area contributed by atoms with E-state index in [4.69, 9.17) is 4.98 Å². The van der Waals surface area contributed by atoms with Crippen LogP contribution in [0.4, 0.5) is 17.3 Å². The predicted molar refractivity (Wildman–Crippen MR) is 99.2 cm³/mol. The van der Waals surface area contributed by atoms with E-state index in [0.29, 0.717) is 6.04 Å². The number of aromatic nitrogens is 5. The molecule has 3 aromatic heterocycles. The van der Waals surface area contributed by atoms with Crippen molar-refractivity contribution in [2.45, 2.75) is 39.2 Å². The lowest BCUT2D eigenvalue weighted by Crippen LogP contribution is -2.38. The third-order valence-corrected chi connectivity index (χ3v) is 4.92. The van der Waals surface area contributed by atoms with Crippen molar-refractivity contribution in [1.29, 1.82) is 0 Å². The lowest BCUT2D eigenvalue weighted by molar-refractivity contribution is 0.480. The van der Waals surface area contributed by atoms with Crippen molar-refractivity contribution in [3.63, 3.8) is 0 Å². The predicted octanol–water partition coefficient (Wildman–Crippen LogP) is 3.19. The fourth-order valence-corrected chi connectivity index (χ4v) is 3.55. The molecule has 0 spiro atoms. The number of rotatable bonds is 3. The highest BCUT2D eigenvalue weighted by atomic mass is 15.3. The molecule has 7 nitrogen and oxygen atoms in total. The Morgan fingerprint density at radius 2 is 2.04 bits per heavy atom. The first-order valence-corrected chi connectivity index (χ1v) is 8.76. The summed E-state index contributed by atoms with van der Waals surface area (Å²) in [6.45, 7) is 5.49. The molecule has 4 rings (SSSR count). The molecule has 4 heterocycles. The van der Waals surface area contributed by atoms with Crippen LogP contribution in [0.2, 0.25) is 0 Å². The molecule has 0 aliphatic carbocycles. The quantitative estimate of drug-likeness (QED) is 0.791. The summed E-state index contributed by atoms with van der Waals surface area (Å²) in [6, 6.07) is 2.68. The molecule has 0 unspecified atom stereocenters. The molecule has 0 saturated carbocycles. The summed E-state index contributed by atoms with van der Waals surface area (Å²) in [7, 11) is 1.87. The number of nitrogens with zero attached hydrogens (tertiary/aromatic N) is 6. The Labute approximate surface area is 147 Å². The summed E-state index contributed by atoms with van der Waals surface area (Å²) < 4.78 is 1.74. The number of hydrogen-bond acceptors (Lipinski definition) is 6. The van der Waals surface area contributed by atoms with Crippen molar-refractivity contribution < 1.29 is 0 Å². The molecule has 0 radical (unpaired) electrons. The number of pyridine rings is 1. The highest BCUT2D eigenvalue weighted by Gasteiger charge is 2.21. The molecule has 25 heavy (non-hydrogen) atoms. The Morgan fingerprint density at radius 3 is 2.84 bits per heavy atom. The molecule has 1 atom stereocenters. The Morgan fingerprint density at radius 1 is 1.16 bits per heavy atom. The summed E-state index contributed by atoms with van der Waals surface area (Å²) >= 11 is 0. The largest absolute Gasteiger partial charge is 0.354 e. The van der Waals surface area contributed by atoms with Gasteiger partial charge in [-0.15, -0.1) is 0 Å². The SMILES string of the molecule is Cc1cc(Nc2ncnc3c2cnn3C)cnc1N1CCCC[C@@H]1C. The molecule has 0 aromatic carbocycles. The molecule has 0 amide bonds. The van der Waals surface area contributed by atoms with E-state index in [9.17, 15) is 0 Å². The van der Waals surface area contributed by atoms with E-state index in [0.717, 1.165) is 34.9 Å². The molecule has 130 valence electrons. The van der Waals surface area contributed by atoms with Crippen molar-refractivity contribution in [3.05, 3.63) is 30.4 Å². The maximum Gasteiger partial charge on any atom is 0.163 e. The summed E-state index contributed by atoms with van der Waals surface area (Å²) in [4.78, 5) is 15.8. The first-order chi connectivity index (χ1) is 12.1. The standard InChI is InChI=1S/C18H23N7/c1-12-8-14(9-19-17(12)25-7-5-4-6-13(25)2)23-16-15-10-22-24(3)18(15)21-11-20-16/h8-11,13H,4-7H2,1-3H3,(H,20,21,23)/t13-/m0/s1. The van der Waals surface area contributed by atoms with Crippen molar-refractivity contribution in [2.75, 3.05) is 16.8 Å². The molecule has 1 aliphatic rings. The minimum absolute atomic E-state index is 0.552. The van der Waals surface area contributed by atoms with Gasteiger partial charge in [-0.05, 0) is 44.7 Å². The lowest BCUT2D eigenvalue weighted by atomic mass is 10.0. The van der Waals surface area contributed by atoms with Crippen LogP contribution < -0.4 is 10.2 Å². The third kappa shape index (κ3) is 2.90. The number of nitrogens with one attached hydrogen (secondary N) is 1. The van der Waals surface area contributed by atoms with E-state index in [1.807, 2.05) is 13.2 Å². The fourth-order valence-electron chi connectivity index (χ4n) is 3.55. The molecular weight excluding hydrogens is 314 g/mol. The van der Waals surface area contributed by atoms with Crippen LogP contribution in [-0.4, -0.2) is 37.3 Å². The second-order valence-corrected chi connectivity index (χ2v) is 6.76. The van der Waals surface area contributed by atoms with Gasteiger partial charge in [-0.3, -0.25) is 4.68 Å². The summed E-state index contributed by atoms with van der Waals surface area (Å²) in [5.41, 5.74) is 2.91. The number of fused-ring (bicyclic) bond motifs is 1. The molecule has 7 heteroatoms. The number of aryl methyl sites for hydroxylation is 2. The molecule has 1 saturated heterocycles. The highest BCUT2D eigenvalue weighted by molar-refractivity contribution is 5.88. The third-order valence-electron chi connectivity index (χ3n) is 4.92. The zero-order valence-electron chi connectivity index (χ0n) is 14.9. The van der Waals surface area contributed by atoms with Crippen molar-refractivity contribution >= 4 is 28.4 Å². The van der Waals surface area contributed by atoms with Crippen LogP contribution in [0.1, 0.15) is 31.7 Å². The van der Waals surface area contributed by atoms with Gasteiger partial charge in [-0.1, -0.05) is 0 Å². The summed E-state index contributed by atoms with van der Waals surface area (Å²) in [6.07, 6.45) is 9.00. The Bertz CT molecular complexity index is 902. The van der Waals surface area contributed by atoms with Gasteiger partial charge in [-0.25, -0.2) is 15.0 Å². The summed E-state index contributed by atoms with van der Waals surface area (Å²) in [5.74, 6) is 1.84. The molecular formula is C18H23N7. The first kappa shape index (κ1) is 15.8. The monoisotopic (exact) mass is 337 g/mol. The van der Waals surface area contributed by atoms with Gasteiger partial charge in [-0.2, -0.15) is 5.10 Å². The first-order valence-electron chi connectivity index (χ1n) is 8.76. The van der Waals surface area contributed by atoms with Crippen LogP contribution in [-0.2, 0) is 7.05 Å². The number of piperidine rings is 1. The molecule has 1 aliphatic heterocycles. The van der Waals surface area contributed by atoms with E-state index in [2.05, 4.69) is 45.2 Å². The summed E-state index contributed by atoms with van der Waals surface area (Å²) in [5, 5.41) is 8.51. The molecule has 1 N–H and O–H groups in total. The van der Waals surface area contributed by atoms with Crippen molar-refractivity contribution in [2.24, 2.45) is 7.05 Å². The molecule has 3 aromatic rings. The normalized spacial score (nSPS) is 17.9. The average Bonchev–Trinajstić information content (AvgIpc) is 2.99. The second-order valence-electron chi connectivity index (χ2n) is 6.76. The van der Waals surface area contributed by atoms with Crippen LogP contribution in [0.3, 0.4) is 0 Å². The zero-order valence-corrected chi connectivity index (χ0v) is 14.9. The van der Waals surface area contributed by atoms with Gasteiger partial charge in [0.1, 0.15) is 18.0 Å². The molecule has 0 bridgehead atoms. The second kappa shape index (κ2) is 6.31. The van der Waals surface area contributed by atoms with E-state index in [1.165, 1.54) is 24.8 Å². The maximum atomic E-state index is 4.73. The van der Waals surface area contributed by atoms with Crippen LogP contribution in [0.5, 0.6) is 0 Å². The topological polar surface area (TPSA) is 71.8 Å². The van der Waals surface area contributed by atoms with Crippen molar-refractivity contribution in [3.8, 4) is 0 Å². The van der Waals surface area contributed by atoms with E-state index < -0.39 is 0 Å². The average molecular weight is 337 g/mol. The van der Waals surface area contributed by atoms with Gasteiger partial charge in [0.05, 0.1) is 23.5 Å². The Kier molecular flexibility index (Phi) is 3.99. The van der Waals surface area contributed by atoms with Gasteiger partial charge in [0.15, 0.2) is 5.65 Å². The zero-order chi connectivity index (χ0) is 17.4. The van der Waals surface area contributed by atoms with Gasteiger partial charge >= 0.3 is 0 Å². The Hall–Kier alpha value is -2.70. The van der Waals surface area contributed by atoms with Gasteiger partial charge < -0.3 is 10.2 Å². The van der Waals surface area contributed by atoms with Crippen LogP contribution in [0.15, 0.2) is 24.8 Å². The Balaban J connectivity index is 1.62. The van der Waals surface area contributed by atoms with Crippen LogP contribution in [0, 0.1) is 6.92 Å². The number of anilines is 3. The van der Waals surface area contributed by atoms with Gasteiger partial charge in [0.2, 0.25) is 0 Å². The highest BCUT2D eigenvalue weighted by Crippen LogP contribution is 2.28. The number of hydrogen-bond donors (Lipinski definition) is 1. The van der Waals surface area contributed by atoms with E-state index in [1.54, 1.807) is 17.2 Å². The van der Waals surface area contributed by atoms with Crippen LogP contribution in [0.25, 0.3) is 11.0 Å². The maximum absolute atomic E-state index is 4.73. The van der Waals surface area contributed by atoms with E-state index >= 15 is 0 Å². The van der Waals surface area contributed by atoms with Crippen molar-refractivity contribution in [1.82, 2.24) is 24.7 Å². The smallest absolute Gasteiger partial charge is 0.163 e.